The van der Waals surface area contributed by atoms with Gasteiger partial charge < -0.3 is 9.73 Å². The van der Waals surface area contributed by atoms with Crippen molar-refractivity contribution < 1.29 is 9.21 Å². The lowest BCUT2D eigenvalue weighted by Gasteiger charge is -2.09. The molecule has 2 heterocycles. The molecule has 19 heavy (non-hydrogen) atoms. The van der Waals surface area contributed by atoms with Crippen LogP contribution < -0.4 is 5.32 Å². The van der Waals surface area contributed by atoms with E-state index in [0.29, 0.717) is 5.69 Å². The summed E-state index contributed by atoms with van der Waals surface area (Å²) in [5, 5.41) is 5.63. The Morgan fingerprint density at radius 2 is 2.26 bits per heavy atom. The number of carbonyl (C=O) groups excluding carboxylic acids is 1. The second-order valence-corrected chi connectivity index (χ2v) is 4.97. The number of fused-ring (bicyclic) bond motifs is 1. The molecule has 0 spiro atoms. The molecule has 1 atom stereocenters. The van der Waals surface area contributed by atoms with Crippen molar-refractivity contribution >= 4 is 28.2 Å². The second kappa shape index (κ2) is 4.85. The lowest BCUT2D eigenvalue weighted by Crippen LogP contribution is -2.26. The van der Waals surface area contributed by atoms with E-state index in [9.17, 15) is 4.79 Å². The van der Waals surface area contributed by atoms with E-state index in [4.69, 9.17) is 4.42 Å². The molecular weight excluding hydrogens is 260 g/mol. The van der Waals surface area contributed by atoms with Crippen molar-refractivity contribution in [3.05, 3.63) is 52.7 Å². The summed E-state index contributed by atoms with van der Waals surface area (Å²) in [6.07, 6.45) is 0. The molecule has 0 aliphatic carbocycles. The number of hydrogen-bond donors (Lipinski definition) is 1. The van der Waals surface area contributed by atoms with Gasteiger partial charge in [-0.3, -0.25) is 4.79 Å². The topological polar surface area (TPSA) is 55.1 Å². The first kappa shape index (κ1) is 11.9. The Kier molecular flexibility index (Phi) is 3.05. The summed E-state index contributed by atoms with van der Waals surface area (Å²) >= 11 is 1.40. The molecule has 0 radical (unpaired) electrons. The minimum Gasteiger partial charge on any atom is -0.459 e. The number of aromatic nitrogens is 1. The highest BCUT2D eigenvalue weighted by Crippen LogP contribution is 2.23. The van der Waals surface area contributed by atoms with Gasteiger partial charge in [-0.2, -0.15) is 0 Å². The number of furan rings is 1. The van der Waals surface area contributed by atoms with Crippen molar-refractivity contribution in [3.8, 4) is 0 Å². The molecule has 3 rings (SSSR count). The van der Waals surface area contributed by atoms with E-state index in [-0.39, 0.29) is 11.9 Å². The van der Waals surface area contributed by atoms with Crippen molar-refractivity contribution in [2.45, 2.75) is 13.0 Å². The van der Waals surface area contributed by atoms with Gasteiger partial charge in [-0.25, -0.2) is 4.98 Å². The molecule has 96 valence electrons. The van der Waals surface area contributed by atoms with Crippen molar-refractivity contribution in [1.29, 1.82) is 0 Å². The molecule has 1 unspecified atom stereocenters. The first-order valence-electron chi connectivity index (χ1n) is 5.91. The molecule has 3 aromatic rings. The fourth-order valence-corrected chi connectivity index (χ4v) is 2.41. The van der Waals surface area contributed by atoms with E-state index in [2.05, 4.69) is 10.3 Å². The summed E-state index contributed by atoms with van der Waals surface area (Å²) in [6.45, 7) is 1.89. The maximum atomic E-state index is 11.9. The number of para-hydroxylation sites is 1. The maximum Gasteiger partial charge on any atom is 0.271 e. The third-order valence-electron chi connectivity index (χ3n) is 2.88. The molecule has 0 bridgehead atoms. The summed E-state index contributed by atoms with van der Waals surface area (Å²) in [6, 6.07) is 9.53. The Balaban J connectivity index is 1.80. The lowest BCUT2D eigenvalue weighted by molar-refractivity contribution is 0.0931. The van der Waals surface area contributed by atoms with Crippen LogP contribution in [-0.4, -0.2) is 10.9 Å². The molecule has 1 aromatic carbocycles. The average Bonchev–Trinajstić information content (AvgIpc) is 3.07. The highest BCUT2D eigenvalue weighted by molar-refractivity contribution is 7.07. The van der Waals surface area contributed by atoms with E-state index in [1.807, 2.05) is 37.3 Å². The van der Waals surface area contributed by atoms with Crippen molar-refractivity contribution in [2.75, 3.05) is 0 Å². The van der Waals surface area contributed by atoms with Crippen LogP contribution in [0, 0.1) is 0 Å². The molecule has 1 amide bonds. The average molecular weight is 272 g/mol. The van der Waals surface area contributed by atoms with Crippen LogP contribution in [0.1, 0.15) is 29.2 Å². The molecule has 0 fully saturated rings. The number of benzene rings is 1. The van der Waals surface area contributed by atoms with E-state index >= 15 is 0 Å². The van der Waals surface area contributed by atoms with Gasteiger partial charge in [-0.1, -0.05) is 18.2 Å². The molecule has 0 saturated carbocycles. The number of rotatable bonds is 3. The Hall–Kier alpha value is -2.14. The van der Waals surface area contributed by atoms with Crippen LogP contribution in [0.15, 0.2) is 45.6 Å². The standard InChI is InChI=1S/C14H12N2O2S/c1-9(16-14(17)11-7-19-8-15-11)13-6-10-4-2-3-5-12(10)18-13/h2-9H,1H3,(H,16,17). The summed E-state index contributed by atoms with van der Waals surface area (Å²) in [5.41, 5.74) is 2.90. The van der Waals surface area contributed by atoms with Crippen LogP contribution in [0.4, 0.5) is 0 Å². The van der Waals surface area contributed by atoms with Gasteiger partial charge >= 0.3 is 0 Å². The molecular formula is C14H12N2O2S. The Labute approximate surface area is 114 Å². The number of nitrogens with zero attached hydrogens (tertiary/aromatic N) is 1. The predicted molar refractivity (Wildman–Crippen MR) is 74.2 cm³/mol. The second-order valence-electron chi connectivity index (χ2n) is 4.26. The Morgan fingerprint density at radius 1 is 1.42 bits per heavy atom. The zero-order valence-electron chi connectivity index (χ0n) is 10.3. The molecule has 5 heteroatoms. The number of carbonyl (C=O) groups is 1. The molecule has 4 nitrogen and oxygen atoms in total. The molecule has 2 aromatic heterocycles. The summed E-state index contributed by atoms with van der Waals surface area (Å²) in [7, 11) is 0. The smallest absolute Gasteiger partial charge is 0.271 e. The van der Waals surface area contributed by atoms with E-state index < -0.39 is 0 Å². The highest BCUT2D eigenvalue weighted by Gasteiger charge is 2.16. The van der Waals surface area contributed by atoms with Crippen LogP contribution in [0.2, 0.25) is 0 Å². The SMILES string of the molecule is CC(NC(=O)c1cscn1)c1cc2ccccc2o1. The van der Waals surface area contributed by atoms with Crippen LogP contribution in [-0.2, 0) is 0 Å². The van der Waals surface area contributed by atoms with Crippen LogP contribution in [0.25, 0.3) is 11.0 Å². The van der Waals surface area contributed by atoms with Gasteiger partial charge in [0.25, 0.3) is 5.91 Å². The number of hydrogen-bond acceptors (Lipinski definition) is 4. The highest BCUT2D eigenvalue weighted by atomic mass is 32.1. The molecule has 0 saturated heterocycles. The minimum atomic E-state index is -0.193. The quantitative estimate of drug-likeness (QED) is 0.795. The van der Waals surface area contributed by atoms with Gasteiger partial charge in [-0.05, 0) is 19.1 Å². The van der Waals surface area contributed by atoms with Gasteiger partial charge in [0.2, 0.25) is 0 Å². The summed E-state index contributed by atoms with van der Waals surface area (Å²) < 4.78 is 5.72. The largest absolute Gasteiger partial charge is 0.459 e. The van der Waals surface area contributed by atoms with Gasteiger partial charge in [0.1, 0.15) is 17.0 Å². The normalized spacial score (nSPS) is 12.5. The van der Waals surface area contributed by atoms with Crippen molar-refractivity contribution in [3.63, 3.8) is 0 Å². The minimum absolute atomic E-state index is 0.186. The third kappa shape index (κ3) is 2.37. The predicted octanol–water partition coefficient (Wildman–Crippen LogP) is 3.38. The first-order chi connectivity index (χ1) is 9.24. The van der Waals surface area contributed by atoms with E-state index in [0.717, 1.165) is 16.7 Å². The zero-order valence-corrected chi connectivity index (χ0v) is 11.1. The Morgan fingerprint density at radius 3 is 3.00 bits per heavy atom. The van der Waals surface area contributed by atoms with E-state index in [1.54, 1.807) is 10.9 Å². The third-order valence-corrected chi connectivity index (χ3v) is 3.47. The number of thiazole rings is 1. The zero-order chi connectivity index (χ0) is 13.2. The first-order valence-corrected chi connectivity index (χ1v) is 6.86. The van der Waals surface area contributed by atoms with Gasteiger partial charge in [0, 0.05) is 10.8 Å². The molecule has 1 N–H and O–H groups in total. The van der Waals surface area contributed by atoms with E-state index in [1.165, 1.54) is 11.3 Å². The van der Waals surface area contributed by atoms with Crippen LogP contribution in [0.5, 0.6) is 0 Å². The van der Waals surface area contributed by atoms with Gasteiger partial charge in [-0.15, -0.1) is 11.3 Å². The maximum absolute atomic E-state index is 11.9. The molecule has 0 aliphatic rings. The summed E-state index contributed by atoms with van der Waals surface area (Å²) in [4.78, 5) is 15.9. The van der Waals surface area contributed by atoms with Crippen molar-refractivity contribution in [1.82, 2.24) is 10.3 Å². The lowest BCUT2D eigenvalue weighted by atomic mass is 10.2. The fraction of sp³-hybridized carbons (Fsp3) is 0.143. The van der Waals surface area contributed by atoms with Crippen molar-refractivity contribution in [2.24, 2.45) is 0 Å². The summed E-state index contributed by atoms with van der Waals surface area (Å²) in [5.74, 6) is 0.555. The van der Waals surface area contributed by atoms with Gasteiger partial charge in [0.15, 0.2) is 0 Å². The monoisotopic (exact) mass is 272 g/mol. The van der Waals surface area contributed by atoms with Gasteiger partial charge in [0.05, 0.1) is 11.6 Å². The van der Waals surface area contributed by atoms with Crippen LogP contribution in [0.3, 0.4) is 0 Å². The number of amides is 1. The molecule has 0 aliphatic heterocycles. The Bertz CT molecular complexity index is 670. The number of nitrogens with one attached hydrogen (secondary N) is 1. The van der Waals surface area contributed by atoms with Crippen LogP contribution >= 0.6 is 11.3 Å². The fourth-order valence-electron chi connectivity index (χ4n) is 1.88.